The largest absolute Gasteiger partial charge is 0.311 e. The van der Waals surface area contributed by atoms with Gasteiger partial charge in [-0.2, -0.15) is 0 Å². The molecule has 1 aliphatic rings. The SMILES string of the molecule is [CH2]CCC([CH2])NC1CCc2cc(F)cc(F)c2C1. The molecule has 0 spiro atoms. The zero-order valence-corrected chi connectivity index (χ0v) is 10.5. The maximum atomic E-state index is 13.7. The molecule has 2 rings (SSSR count). The summed E-state index contributed by atoms with van der Waals surface area (Å²) in [4.78, 5) is 0. The standard InChI is InChI=1S/C15H19F2N/c1-3-4-10(2)18-13-6-5-11-7-12(16)8-15(17)14(11)9-13/h7-8,10,13,18H,1-6,9H2. The Morgan fingerprint density at radius 2 is 2.17 bits per heavy atom. The van der Waals surface area contributed by atoms with Crippen molar-refractivity contribution in [3.8, 4) is 0 Å². The Morgan fingerprint density at radius 3 is 2.89 bits per heavy atom. The lowest BCUT2D eigenvalue weighted by molar-refractivity contribution is 0.404. The van der Waals surface area contributed by atoms with Crippen LogP contribution >= 0.6 is 0 Å². The third-order valence-electron chi connectivity index (χ3n) is 3.49. The van der Waals surface area contributed by atoms with Gasteiger partial charge in [-0.1, -0.05) is 13.3 Å². The summed E-state index contributed by atoms with van der Waals surface area (Å²) in [6.45, 7) is 7.81. The fourth-order valence-electron chi connectivity index (χ4n) is 2.59. The van der Waals surface area contributed by atoms with E-state index < -0.39 is 11.6 Å². The minimum absolute atomic E-state index is 0.151. The molecular formula is C15H19F2N. The summed E-state index contributed by atoms with van der Waals surface area (Å²) in [5, 5.41) is 3.39. The molecule has 2 atom stereocenters. The molecule has 0 aromatic heterocycles. The molecule has 1 aliphatic carbocycles. The molecule has 98 valence electrons. The number of fused-ring (bicyclic) bond motifs is 1. The molecule has 18 heavy (non-hydrogen) atoms. The highest BCUT2D eigenvalue weighted by atomic mass is 19.1. The molecule has 0 bridgehead atoms. The summed E-state index contributed by atoms with van der Waals surface area (Å²) in [5.41, 5.74) is 1.46. The lowest BCUT2D eigenvalue weighted by atomic mass is 9.87. The highest BCUT2D eigenvalue weighted by Crippen LogP contribution is 2.25. The average Bonchev–Trinajstić information content (AvgIpc) is 2.30. The number of nitrogens with one attached hydrogen (secondary N) is 1. The molecular weight excluding hydrogens is 232 g/mol. The molecule has 0 amide bonds. The Bertz CT molecular complexity index is 417. The van der Waals surface area contributed by atoms with Crippen molar-refractivity contribution in [1.29, 1.82) is 0 Å². The molecule has 1 N–H and O–H groups in total. The predicted molar refractivity (Wildman–Crippen MR) is 69.0 cm³/mol. The quantitative estimate of drug-likeness (QED) is 0.866. The third kappa shape index (κ3) is 3.08. The first-order valence-corrected chi connectivity index (χ1v) is 6.45. The van der Waals surface area contributed by atoms with Crippen LogP contribution in [0.25, 0.3) is 0 Å². The van der Waals surface area contributed by atoms with E-state index in [-0.39, 0.29) is 12.1 Å². The topological polar surface area (TPSA) is 12.0 Å². The highest BCUT2D eigenvalue weighted by Gasteiger charge is 2.23. The van der Waals surface area contributed by atoms with Gasteiger partial charge in [0.15, 0.2) is 0 Å². The summed E-state index contributed by atoms with van der Waals surface area (Å²) < 4.78 is 26.8. The van der Waals surface area contributed by atoms with E-state index in [2.05, 4.69) is 19.2 Å². The van der Waals surface area contributed by atoms with E-state index in [1.807, 2.05) is 0 Å². The van der Waals surface area contributed by atoms with E-state index in [9.17, 15) is 8.78 Å². The Hall–Kier alpha value is -0.960. The molecule has 1 nitrogen and oxygen atoms in total. The molecule has 2 radical (unpaired) electrons. The maximum Gasteiger partial charge on any atom is 0.129 e. The van der Waals surface area contributed by atoms with Gasteiger partial charge in [0, 0.05) is 18.2 Å². The van der Waals surface area contributed by atoms with Crippen LogP contribution in [-0.4, -0.2) is 12.1 Å². The molecule has 2 unspecified atom stereocenters. The number of rotatable bonds is 4. The van der Waals surface area contributed by atoms with Crippen molar-refractivity contribution < 1.29 is 8.78 Å². The van der Waals surface area contributed by atoms with Crippen LogP contribution in [0.4, 0.5) is 8.78 Å². The Labute approximate surface area is 108 Å². The van der Waals surface area contributed by atoms with Gasteiger partial charge >= 0.3 is 0 Å². The molecule has 0 fully saturated rings. The molecule has 0 saturated carbocycles. The van der Waals surface area contributed by atoms with Gasteiger partial charge < -0.3 is 5.32 Å². The second-order valence-corrected chi connectivity index (χ2v) is 4.97. The predicted octanol–water partition coefficient (Wildman–Crippen LogP) is 3.23. The van der Waals surface area contributed by atoms with Crippen LogP contribution in [0.2, 0.25) is 0 Å². The van der Waals surface area contributed by atoms with Gasteiger partial charge in [0.2, 0.25) is 0 Å². The monoisotopic (exact) mass is 251 g/mol. The molecule has 1 aromatic carbocycles. The zero-order valence-electron chi connectivity index (χ0n) is 10.5. The number of benzene rings is 1. The lowest BCUT2D eigenvalue weighted by Crippen LogP contribution is -2.40. The summed E-state index contributed by atoms with van der Waals surface area (Å²) >= 11 is 0. The van der Waals surface area contributed by atoms with E-state index in [4.69, 9.17) is 0 Å². The second-order valence-electron chi connectivity index (χ2n) is 4.97. The van der Waals surface area contributed by atoms with E-state index in [1.54, 1.807) is 0 Å². The summed E-state index contributed by atoms with van der Waals surface area (Å²) in [6, 6.07) is 2.80. The summed E-state index contributed by atoms with van der Waals surface area (Å²) in [7, 11) is 0. The van der Waals surface area contributed by atoms with Crippen LogP contribution in [-0.2, 0) is 12.8 Å². The first-order valence-electron chi connectivity index (χ1n) is 6.45. The van der Waals surface area contributed by atoms with Crippen LogP contribution < -0.4 is 5.32 Å². The first kappa shape index (κ1) is 13.5. The fraction of sp³-hybridized carbons (Fsp3) is 0.467. The van der Waals surface area contributed by atoms with Crippen molar-refractivity contribution in [2.45, 2.75) is 44.2 Å². The number of aryl methyl sites for hydroxylation is 1. The van der Waals surface area contributed by atoms with Crippen molar-refractivity contribution in [3.63, 3.8) is 0 Å². The summed E-state index contributed by atoms with van der Waals surface area (Å²) in [6.07, 6.45) is 3.99. The van der Waals surface area contributed by atoms with Crippen molar-refractivity contribution in [3.05, 3.63) is 48.7 Å². The van der Waals surface area contributed by atoms with Gasteiger partial charge in [-0.05, 0) is 49.8 Å². The first-order chi connectivity index (χ1) is 8.60. The van der Waals surface area contributed by atoms with Gasteiger partial charge in [-0.3, -0.25) is 0 Å². The molecule has 0 saturated heterocycles. The number of halogens is 2. The Kier molecular flexibility index (Phi) is 4.33. The molecule has 0 aliphatic heterocycles. The minimum atomic E-state index is -0.482. The van der Waals surface area contributed by atoms with Gasteiger partial charge in [-0.25, -0.2) is 8.78 Å². The molecule has 1 aromatic rings. The van der Waals surface area contributed by atoms with Crippen LogP contribution in [0.3, 0.4) is 0 Å². The van der Waals surface area contributed by atoms with Crippen molar-refractivity contribution >= 4 is 0 Å². The minimum Gasteiger partial charge on any atom is -0.311 e. The fourth-order valence-corrected chi connectivity index (χ4v) is 2.59. The van der Waals surface area contributed by atoms with Crippen molar-refractivity contribution in [2.75, 3.05) is 0 Å². The van der Waals surface area contributed by atoms with Gasteiger partial charge in [-0.15, -0.1) is 0 Å². The van der Waals surface area contributed by atoms with Gasteiger partial charge in [0.25, 0.3) is 0 Å². The molecule has 3 heteroatoms. The van der Waals surface area contributed by atoms with Gasteiger partial charge in [0.05, 0.1) is 0 Å². The lowest BCUT2D eigenvalue weighted by Gasteiger charge is -2.28. The van der Waals surface area contributed by atoms with Crippen LogP contribution in [0.15, 0.2) is 12.1 Å². The third-order valence-corrected chi connectivity index (χ3v) is 3.49. The Morgan fingerprint density at radius 1 is 1.39 bits per heavy atom. The van der Waals surface area contributed by atoms with Crippen molar-refractivity contribution in [1.82, 2.24) is 5.32 Å². The molecule has 0 heterocycles. The number of hydrogen-bond donors (Lipinski definition) is 1. The summed E-state index contributed by atoms with van der Waals surface area (Å²) in [5.74, 6) is -0.904. The number of hydrogen-bond acceptors (Lipinski definition) is 1. The highest BCUT2D eigenvalue weighted by molar-refractivity contribution is 5.32. The zero-order chi connectivity index (χ0) is 13.1. The van der Waals surface area contributed by atoms with Crippen LogP contribution in [0.5, 0.6) is 0 Å². The average molecular weight is 251 g/mol. The van der Waals surface area contributed by atoms with Crippen LogP contribution in [0, 0.1) is 25.5 Å². The van der Waals surface area contributed by atoms with Gasteiger partial charge in [0.1, 0.15) is 11.6 Å². The van der Waals surface area contributed by atoms with E-state index in [0.717, 1.165) is 37.3 Å². The van der Waals surface area contributed by atoms with Crippen molar-refractivity contribution in [2.24, 2.45) is 0 Å². The maximum absolute atomic E-state index is 13.7. The second kappa shape index (κ2) is 5.79. The van der Waals surface area contributed by atoms with E-state index in [0.29, 0.717) is 12.0 Å². The normalized spacial score (nSPS) is 20.6. The Balaban J connectivity index is 2.05. The smallest absolute Gasteiger partial charge is 0.129 e. The van der Waals surface area contributed by atoms with E-state index in [1.165, 1.54) is 6.07 Å². The van der Waals surface area contributed by atoms with E-state index >= 15 is 0 Å². The van der Waals surface area contributed by atoms with Crippen LogP contribution in [0.1, 0.15) is 30.4 Å².